The molecule has 2 aromatic carbocycles. The molecule has 1 atom stereocenters. The summed E-state index contributed by atoms with van der Waals surface area (Å²) in [6, 6.07) is 12.7. The van der Waals surface area contributed by atoms with E-state index in [0.29, 0.717) is 30.0 Å². The number of carbonyl (C=O) groups excluding carboxylic acids is 1. The molecule has 0 bridgehead atoms. The third-order valence-electron chi connectivity index (χ3n) is 4.28. The van der Waals surface area contributed by atoms with Crippen LogP contribution in [0.25, 0.3) is 0 Å². The van der Waals surface area contributed by atoms with Crippen molar-refractivity contribution in [3.8, 4) is 5.75 Å². The van der Waals surface area contributed by atoms with Crippen LogP contribution in [-0.4, -0.2) is 23.6 Å². The number of nitrogens with zero attached hydrogens (tertiary/aromatic N) is 1. The minimum atomic E-state index is -0.867. The Bertz CT molecular complexity index is 782. The lowest BCUT2D eigenvalue weighted by Crippen LogP contribution is -2.23. The molecule has 1 aliphatic rings. The Kier molecular flexibility index (Phi) is 4.25. The summed E-state index contributed by atoms with van der Waals surface area (Å²) in [7, 11) is 0. The van der Waals surface area contributed by atoms with Crippen LogP contribution in [-0.2, 0) is 11.3 Å². The number of ether oxygens (including phenoxy) is 1. The summed E-state index contributed by atoms with van der Waals surface area (Å²) in [6.45, 7) is 4.52. The number of fused-ring (bicyclic) bond motifs is 1. The highest BCUT2D eigenvalue weighted by atomic mass is 16.5. The van der Waals surface area contributed by atoms with Crippen molar-refractivity contribution < 1.29 is 19.4 Å². The van der Waals surface area contributed by atoms with Crippen molar-refractivity contribution >= 4 is 17.6 Å². The standard InChI is InChI=1S/C19H19NO4/c1-3-24-16-6-4-5-14-11-20(18(21)17(14)16)15-9-7-13(8-10-15)12(2)19(22)23/h4-10,12H,3,11H2,1-2H3,(H,22,23). The van der Waals surface area contributed by atoms with Crippen LogP contribution in [0.15, 0.2) is 42.5 Å². The van der Waals surface area contributed by atoms with E-state index in [4.69, 9.17) is 9.84 Å². The average Bonchev–Trinajstić information content (AvgIpc) is 2.92. The van der Waals surface area contributed by atoms with Crippen molar-refractivity contribution in [2.75, 3.05) is 11.5 Å². The first-order valence-electron chi connectivity index (χ1n) is 7.92. The fourth-order valence-electron chi connectivity index (χ4n) is 2.90. The molecule has 0 saturated heterocycles. The van der Waals surface area contributed by atoms with Gasteiger partial charge in [0.25, 0.3) is 5.91 Å². The Morgan fingerprint density at radius 1 is 1.25 bits per heavy atom. The Hall–Kier alpha value is -2.82. The fourth-order valence-corrected chi connectivity index (χ4v) is 2.90. The van der Waals surface area contributed by atoms with Gasteiger partial charge in [-0.2, -0.15) is 0 Å². The number of carboxylic acid groups (broad SMARTS) is 1. The van der Waals surface area contributed by atoms with Crippen molar-refractivity contribution in [1.82, 2.24) is 0 Å². The van der Waals surface area contributed by atoms with Crippen molar-refractivity contribution in [3.63, 3.8) is 0 Å². The predicted octanol–water partition coefficient (Wildman–Crippen LogP) is 3.43. The molecule has 0 saturated carbocycles. The zero-order valence-electron chi connectivity index (χ0n) is 13.7. The predicted molar refractivity (Wildman–Crippen MR) is 90.6 cm³/mol. The van der Waals surface area contributed by atoms with Gasteiger partial charge in [0.1, 0.15) is 5.75 Å². The maximum Gasteiger partial charge on any atom is 0.310 e. The summed E-state index contributed by atoms with van der Waals surface area (Å²) in [5.74, 6) is -0.921. The highest BCUT2D eigenvalue weighted by Gasteiger charge is 2.31. The second kappa shape index (κ2) is 6.35. The molecule has 0 spiro atoms. The van der Waals surface area contributed by atoms with Crippen LogP contribution in [0.4, 0.5) is 5.69 Å². The molecule has 24 heavy (non-hydrogen) atoms. The van der Waals surface area contributed by atoms with Gasteiger partial charge in [0.15, 0.2) is 0 Å². The van der Waals surface area contributed by atoms with Crippen molar-refractivity contribution in [2.45, 2.75) is 26.3 Å². The van der Waals surface area contributed by atoms with Crippen molar-refractivity contribution in [1.29, 1.82) is 0 Å². The molecule has 5 heteroatoms. The van der Waals surface area contributed by atoms with Crippen molar-refractivity contribution in [2.24, 2.45) is 0 Å². The van der Waals surface area contributed by atoms with E-state index in [1.54, 1.807) is 42.2 Å². The van der Waals surface area contributed by atoms with Crippen LogP contribution in [0.1, 0.15) is 41.3 Å². The number of hydrogen-bond acceptors (Lipinski definition) is 3. The summed E-state index contributed by atoms with van der Waals surface area (Å²) >= 11 is 0. The van der Waals surface area contributed by atoms with Crippen LogP contribution in [0.5, 0.6) is 5.75 Å². The minimum absolute atomic E-state index is 0.0897. The lowest BCUT2D eigenvalue weighted by molar-refractivity contribution is -0.138. The van der Waals surface area contributed by atoms with E-state index in [-0.39, 0.29) is 5.91 Å². The largest absolute Gasteiger partial charge is 0.493 e. The van der Waals surface area contributed by atoms with Gasteiger partial charge < -0.3 is 14.7 Å². The maximum atomic E-state index is 12.8. The Morgan fingerprint density at radius 2 is 1.96 bits per heavy atom. The van der Waals surface area contributed by atoms with Gasteiger partial charge >= 0.3 is 5.97 Å². The lowest BCUT2D eigenvalue weighted by atomic mass is 10.0. The zero-order chi connectivity index (χ0) is 17.3. The Labute approximate surface area is 140 Å². The summed E-state index contributed by atoms with van der Waals surface area (Å²) in [6.07, 6.45) is 0. The first kappa shape index (κ1) is 16.1. The number of benzene rings is 2. The normalized spacial score (nSPS) is 14.4. The molecule has 3 rings (SSSR count). The molecule has 2 aromatic rings. The third kappa shape index (κ3) is 2.73. The molecular weight excluding hydrogens is 306 g/mol. The first-order valence-corrected chi connectivity index (χ1v) is 7.92. The van der Waals surface area contributed by atoms with E-state index in [2.05, 4.69) is 0 Å². The first-order chi connectivity index (χ1) is 11.5. The molecule has 1 N–H and O–H groups in total. The zero-order valence-corrected chi connectivity index (χ0v) is 13.7. The van der Waals surface area contributed by atoms with E-state index < -0.39 is 11.9 Å². The number of anilines is 1. The van der Waals surface area contributed by atoms with Crippen LogP contribution >= 0.6 is 0 Å². The van der Waals surface area contributed by atoms with Gasteiger partial charge in [-0.3, -0.25) is 9.59 Å². The second-order valence-corrected chi connectivity index (χ2v) is 5.77. The van der Waals surface area contributed by atoms with Gasteiger partial charge in [-0.05, 0) is 43.2 Å². The highest BCUT2D eigenvalue weighted by Crippen LogP contribution is 2.34. The smallest absolute Gasteiger partial charge is 0.310 e. The molecule has 0 fully saturated rings. The number of aliphatic carboxylic acids is 1. The Balaban J connectivity index is 1.88. The SMILES string of the molecule is CCOc1cccc2c1C(=O)N(c1ccc(C(C)C(=O)O)cc1)C2. The van der Waals surface area contributed by atoms with E-state index in [1.807, 2.05) is 19.1 Å². The number of carboxylic acids is 1. The summed E-state index contributed by atoms with van der Waals surface area (Å²) in [4.78, 5) is 25.5. The molecule has 0 radical (unpaired) electrons. The maximum absolute atomic E-state index is 12.8. The van der Waals surface area contributed by atoms with Gasteiger partial charge in [-0.15, -0.1) is 0 Å². The molecule has 1 amide bonds. The molecule has 1 unspecified atom stereocenters. The monoisotopic (exact) mass is 325 g/mol. The van der Waals surface area contributed by atoms with E-state index in [0.717, 1.165) is 11.3 Å². The second-order valence-electron chi connectivity index (χ2n) is 5.77. The van der Waals surface area contributed by atoms with Gasteiger partial charge in [-0.1, -0.05) is 24.3 Å². The quantitative estimate of drug-likeness (QED) is 0.914. The minimum Gasteiger partial charge on any atom is -0.493 e. The van der Waals surface area contributed by atoms with Crippen LogP contribution < -0.4 is 9.64 Å². The average molecular weight is 325 g/mol. The fraction of sp³-hybridized carbons (Fsp3) is 0.263. The number of amides is 1. The molecule has 1 heterocycles. The topological polar surface area (TPSA) is 66.8 Å². The van der Waals surface area contributed by atoms with Crippen molar-refractivity contribution in [3.05, 3.63) is 59.2 Å². The number of rotatable bonds is 5. The van der Waals surface area contributed by atoms with Crippen LogP contribution in [0.3, 0.4) is 0 Å². The summed E-state index contributed by atoms with van der Waals surface area (Å²) in [5, 5.41) is 9.08. The molecular formula is C19H19NO4. The summed E-state index contributed by atoms with van der Waals surface area (Å²) < 4.78 is 5.57. The molecule has 0 aromatic heterocycles. The van der Waals surface area contributed by atoms with Crippen LogP contribution in [0, 0.1) is 0 Å². The van der Waals surface area contributed by atoms with Gasteiger partial charge in [-0.25, -0.2) is 0 Å². The van der Waals surface area contributed by atoms with Gasteiger partial charge in [0.05, 0.1) is 24.6 Å². The third-order valence-corrected chi connectivity index (χ3v) is 4.28. The van der Waals surface area contributed by atoms with E-state index in [9.17, 15) is 9.59 Å². The number of carbonyl (C=O) groups is 2. The highest BCUT2D eigenvalue weighted by molar-refractivity contribution is 6.11. The summed E-state index contributed by atoms with van der Waals surface area (Å²) in [5.41, 5.74) is 3.02. The molecule has 1 aliphatic heterocycles. The van der Waals surface area contributed by atoms with Crippen LogP contribution in [0.2, 0.25) is 0 Å². The number of hydrogen-bond donors (Lipinski definition) is 1. The lowest BCUT2D eigenvalue weighted by Gasteiger charge is -2.17. The van der Waals surface area contributed by atoms with Gasteiger partial charge in [0, 0.05) is 5.69 Å². The van der Waals surface area contributed by atoms with E-state index >= 15 is 0 Å². The van der Waals surface area contributed by atoms with Gasteiger partial charge in [0.2, 0.25) is 0 Å². The molecule has 124 valence electrons. The van der Waals surface area contributed by atoms with E-state index in [1.165, 1.54) is 0 Å². The molecule has 5 nitrogen and oxygen atoms in total. The molecule has 0 aliphatic carbocycles. The Morgan fingerprint density at radius 3 is 2.58 bits per heavy atom.